The largest absolute Gasteiger partial charge is 0.484 e. The lowest BCUT2D eigenvalue weighted by molar-refractivity contribution is -0.119. The Labute approximate surface area is 109 Å². The lowest BCUT2D eigenvalue weighted by Gasteiger charge is -2.40. The number of anilines is 1. The number of nitrogens with one attached hydrogen (secondary N) is 1. The zero-order valence-electron chi connectivity index (χ0n) is 10.1. The van der Waals surface area contributed by atoms with Gasteiger partial charge in [0.1, 0.15) is 17.0 Å². The highest BCUT2D eigenvalue weighted by atomic mass is 79.9. The van der Waals surface area contributed by atoms with Crippen LogP contribution < -0.4 is 15.2 Å². The highest BCUT2D eigenvalue weighted by Crippen LogP contribution is 2.37. The van der Waals surface area contributed by atoms with Gasteiger partial charge in [-0.2, -0.15) is 0 Å². The SMILES string of the molecule is CC(=O)NN1CC(C)(C)Oc2ccc(Br)cc21. The van der Waals surface area contributed by atoms with Crippen molar-refractivity contribution in [3.05, 3.63) is 22.7 Å². The third-order valence-corrected chi connectivity index (χ3v) is 2.92. The van der Waals surface area contributed by atoms with Crippen LogP contribution in [0.25, 0.3) is 0 Å². The van der Waals surface area contributed by atoms with Gasteiger partial charge in [-0.05, 0) is 32.0 Å². The van der Waals surface area contributed by atoms with Crippen molar-refractivity contribution in [1.29, 1.82) is 0 Å². The summed E-state index contributed by atoms with van der Waals surface area (Å²) < 4.78 is 6.83. The molecule has 0 aromatic heterocycles. The first-order valence-corrected chi connectivity index (χ1v) is 6.20. The summed E-state index contributed by atoms with van der Waals surface area (Å²) in [5, 5.41) is 1.83. The monoisotopic (exact) mass is 298 g/mol. The van der Waals surface area contributed by atoms with E-state index in [4.69, 9.17) is 4.74 Å². The number of hydrogen-bond donors (Lipinski definition) is 1. The molecule has 4 nitrogen and oxygen atoms in total. The average molecular weight is 299 g/mol. The van der Waals surface area contributed by atoms with Gasteiger partial charge in [-0.25, -0.2) is 0 Å². The van der Waals surface area contributed by atoms with Crippen molar-refractivity contribution >= 4 is 27.5 Å². The van der Waals surface area contributed by atoms with E-state index < -0.39 is 0 Å². The molecule has 92 valence electrons. The van der Waals surface area contributed by atoms with Gasteiger partial charge in [0.2, 0.25) is 5.91 Å². The number of halogens is 1. The molecule has 5 heteroatoms. The average Bonchev–Trinajstić information content (AvgIpc) is 2.17. The number of rotatable bonds is 1. The fourth-order valence-electron chi connectivity index (χ4n) is 1.87. The summed E-state index contributed by atoms with van der Waals surface area (Å²) >= 11 is 3.42. The molecule has 2 rings (SSSR count). The Hall–Kier alpha value is -1.23. The van der Waals surface area contributed by atoms with E-state index in [0.29, 0.717) is 6.54 Å². The summed E-state index contributed by atoms with van der Waals surface area (Å²) in [6.07, 6.45) is 0. The summed E-state index contributed by atoms with van der Waals surface area (Å²) in [5.41, 5.74) is 3.35. The van der Waals surface area contributed by atoms with E-state index in [2.05, 4.69) is 21.4 Å². The molecule has 0 radical (unpaired) electrons. The van der Waals surface area contributed by atoms with Crippen LogP contribution in [0.1, 0.15) is 20.8 Å². The normalized spacial score (nSPS) is 17.1. The van der Waals surface area contributed by atoms with Crippen LogP contribution in [-0.4, -0.2) is 18.1 Å². The van der Waals surface area contributed by atoms with E-state index in [1.54, 1.807) is 0 Å². The Morgan fingerprint density at radius 2 is 2.24 bits per heavy atom. The summed E-state index contributed by atoms with van der Waals surface area (Å²) in [6.45, 7) is 6.09. The molecule has 0 atom stereocenters. The third kappa shape index (κ3) is 2.72. The Kier molecular flexibility index (Phi) is 3.03. The van der Waals surface area contributed by atoms with Crippen molar-refractivity contribution in [2.75, 3.05) is 11.6 Å². The second-order valence-corrected chi connectivity index (χ2v) is 5.64. The standard InChI is InChI=1S/C12H15BrN2O2/c1-8(16)14-15-7-12(2,3)17-11-5-4-9(13)6-10(11)15/h4-6H,7H2,1-3H3,(H,14,16). The van der Waals surface area contributed by atoms with Gasteiger partial charge in [-0.15, -0.1) is 0 Å². The first-order chi connectivity index (χ1) is 7.87. The molecular weight excluding hydrogens is 284 g/mol. The quantitative estimate of drug-likeness (QED) is 0.866. The van der Waals surface area contributed by atoms with Crippen LogP contribution in [0.5, 0.6) is 5.75 Å². The number of ether oxygens (including phenoxy) is 1. The first kappa shape index (κ1) is 12.2. The maximum atomic E-state index is 11.2. The van der Waals surface area contributed by atoms with E-state index in [0.717, 1.165) is 15.9 Å². The number of hydrogen-bond acceptors (Lipinski definition) is 3. The Morgan fingerprint density at radius 1 is 1.53 bits per heavy atom. The summed E-state index contributed by atoms with van der Waals surface area (Å²) in [7, 11) is 0. The molecule has 0 aliphatic carbocycles. The second kappa shape index (κ2) is 4.22. The maximum Gasteiger partial charge on any atom is 0.235 e. The van der Waals surface area contributed by atoms with Gasteiger partial charge in [0.25, 0.3) is 0 Å². The summed E-state index contributed by atoms with van der Waals surface area (Å²) in [5.74, 6) is 0.687. The van der Waals surface area contributed by atoms with Gasteiger partial charge in [-0.1, -0.05) is 15.9 Å². The summed E-state index contributed by atoms with van der Waals surface area (Å²) in [6, 6.07) is 5.75. The van der Waals surface area contributed by atoms with Gasteiger partial charge < -0.3 is 4.74 Å². The fraction of sp³-hybridized carbons (Fsp3) is 0.417. The second-order valence-electron chi connectivity index (χ2n) is 4.73. The Bertz CT molecular complexity index is 460. The number of carbonyl (C=O) groups is 1. The van der Waals surface area contributed by atoms with E-state index in [1.165, 1.54) is 6.92 Å². The van der Waals surface area contributed by atoms with Crippen LogP contribution in [0.4, 0.5) is 5.69 Å². The van der Waals surface area contributed by atoms with Gasteiger partial charge in [0.05, 0.1) is 6.54 Å². The third-order valence-electron chi connectivity index (χ3n) is 2.43. The molecule has 0 saturated carbocycles. The van der Waals surface area contributed by atoms with E-state index >= 15 is 0 Å². The molecule has 1 amide bonds. The van der Waals surface area contributed by atoms with E-state index in [-0.39, 0.29) is 11.5 Å². The van der Waals surface area contributed by atoms with Crippen LogP contribution in [0.15, 0.2) is 22.7 Å². The van der Waals surface area contributed by atoms with Crippen LogP contribution >= 0.6 is 15.9 Å². The van der Waals surface area contributed by atoms with Gasteiger partial charge >= 0.3 is 0 Å². The van der Waals surface area contributed by atoms with Crippen LogP contribution in [0.3, 0.4) is 0 Å². The molecule has 1 aromatic rings. The number of hydrazine groups is 1. The predicted molar refractivity (Wildman–Crippen MR) is 70.0 cm³/mol. The van der Waals surface area contributed by atoms with Crippen LogP contribution in [-0.2, 0) is 4.79 Å². The minimum Gasteiger partial charge on any atom is -0.484 e. The molecule has 0 unspecified atom stereocenters. The van der Waals surface area contributed by atoms with Gasteiger partial charge in [0, 0.05) is 11.4 Å². The molecule has 1 aliphatic heterocycles. The topological polar surface area (TPSA) is 41.6 Å². The van der Waals surface area contributed by atoms with Gasteiger partial charge in [0.15, 0.2) is 0 Å². The zero-order chi connectivity index (χ0) is 12.6. The number of nitrogens with zero attached hydrogens (tertiary/aromatic N) is 1. The fourth-order valence-corrected chi connectivity index (χ4v) is 2.22. The molecule has 0 spiro atoms. The van der Waals surface area contributed by atoms with Crippen molar-refractivity contribution in [3.63, 3.8) is 0 Å². The van der Waals surface area contributed by atoms with Crippen molar-refractivity contribution in [1.82, 2.24) is 5.43 Å². The van der Waals surface area contributed by atoms with Gasteiger partial charge in [-0.3, -0.25) is 15.2 Å². The summed E-state index contributed by atoms with van der Waals surface area (Å²) in [4.78, 5) is 11.2. The van der Waals surface area contributed by atoms with Crippen LogP contribution in [0.2, 0.25) is 0 Å². The first-order valence-electron chi connectivity index (χ1n) is 5.41. The minimum atomic E-state index is -0.330. The number of amides is 1. The lowest BCUT2D eigenvalue weighted by atomic mass is 10.1. The lowest BCUT2D eigenvalue weighted by Crippen LogP contribution is -2.53. The maximum absolute atomic E-state index is 11.2. The molecule has 1 heterocycles. The molecule has 17 heavy (non-hydrogen) atoms. The zero-order valence-corrected chi connectivity index (χ0v) is 11.7. The Morgan fingerprint density at radius 3 is 2.88 bits per heavy atom. The Balaban J connectivity index is 2.40. The molecule has 1 N–H and O–H groups in total. The van der Waals surface area contributed by atoms with Crippen molar-refractivity contribution in [2.24, 2.45) is 0 Å². The number of carbonyl (C=O) groups excluding carboxylic acids is 1. The molecule has 1 aliphatic rings. The molecule has 1 aromatic carbocycles. The van der Waals surface area contributed by atoms with E-state index in [9.17, 15) is 4.79 Å². The van der Waals surface area contributed by atoms with Crippen molar-refractivity contribution in [3.8, 4) is 5.75 Å². The highest BCUT2D eigenvalue weighted by Gasteiger charge is 2.32. The molecule has 0 bridgehead atoms. The van der Waals surface area contributed by atoms with E-state index in [1.807, 2.05) is 37.1 Å². The molecule has 0 saturated heterocycles. The number of benzene rings is 1. The van der Waals surface area contributed by atoms with Crippen molar-refractivity contribution < 1.29 is 9.53 Å². The van der Waals surface area contributed by atoms with Crippen molar-refractivity contribution in [2.45, 2.75) is 26.4 Å². The minimum absolute atomic E-state index is 0.0892. The molecular formula is C12H15BrN2O2. The molecule has 0 fully saturated rings. The van der Waals surface area contributed by atoms with Crippen LogP contribution in [0, 0.1) is 0 Å². The highest BCUT2D eigenvalue weighted by molar-refractivity contribution is 9.10. The predicted octanol–water partition coefficient (Wildman–Crippen LogP) is 2.48. The smallest absolute Gasteiger partial charge is 0.235 e. The number of fused-ring (bicyclic) bond motifs is 1.